The van der Waals surface area contributed by atoms with E-state index in [1.807, 2.05) is 14.0 Å². The van der Waals surface area contributed by atoms with Gasteiger partial charge >= 0.3 is 0 Å². The first-order chi connectivity index (χ1) is 7.78. The Balaban J connectivity index is 1.77. The van der Waals surface area contributed by atoms with Crippen molar-refractivity contribution in [2.45, 2.75) is 26.3 Å². The number of likely N-dealkylation sites (tertiary alicyclic amines) is 1. The van der Waals surface area contributed by atoms with Gasteiger partial charge in [0.05, 0.1) is 6.54 Å². The minimum absolute atomic E-state index is 0.653. The van der Waals surface area contributed by atoms with Crippen molar-refractivity contribution < 1.29 is 4.52 Å². The van der Waals surface area contributed by atoms with Gasteiger partial charge in [-0.05, 0) is 45.4 Å². The van der Waals surface area contributed by atoms with Gasteiger partial charge in [0.25, 0.3) is 0 Å². The first-order valence-corrected chi connectivity index (χ1v) is 5.94. The Morgan fingerprint density at radius 3 is 2.75 bits per heavy atom. The van der Waals surface area contributed by atoms with Crippen molar-refractivity contribution in [1.82, 2.24) is 20.4 Å². The summed E-state index contributed by atoms with van der Waals surface area (Å²) in [5.74, 6) is 2.29. The van der Waals surface area contributed by atoms with Gasteiger partial charge in [0.2, 0.25) is 5.89 Å². The molecule has 1 aliphatic heterocycles. The molecule has 16 heavy (non-hydrogen) atoms. The Morgan fingerprint density at radius 2 is 2.19 bits per heavy atom. The van der Waals surface area contributed by atoms with Gasteiger partial charge in [-0.15, -0.1) is 0 Å². The van der Waals surface area contributed by atoms with Crippen molar-refractivity contribution in [2.24, 2.45) is 5.92 Å². The largest absolute Gasteiger partial charge is 0.340 e. The summed E-state index contributed by atoms with van der Waals surface area (Å²) in [6, 6.07) is 0. The zero-order valence-electron chi connectivity index (χ0n) is 10.1. The summed E-state index contributed by atoms with van der Waals surface area (Å²) in [6.07, 6.45) is 2.52. The van der Waals surface area contributed by atoms with Crippen molar-refractivity contribution in [3.8, 4) is 0 Å². The molecule has 0 radical (unpaired) electrons. The van der Waals surface area contributed by atoms with Crippen LogP contribution in [0.15, 0.2) is 4.52 Å². The summed E-state index contributed by atoms with van der Waals surface area (Å²) in [5, 5.41) is 7.17. The number of hydrogen-bond acceptors (Lipinski definition) is 5. The molecule has 2 rings (SSSR count). The quantitative estimate of drug-likeness (QED) is 0.820. The fourth-order valence-electron chi connectivity index (χ4n) is 2.24. The molecule has 0 aliphatic carbocycles. The molecular weight excluding hydrogens is 204 g/mol. The van der Waals surface area contributed by atoms with Gasteiger partial charge in [-0.3, -0.25) is 4.90 Å². The summed E-state index contributed by atoms with van der Waals surface area (Å²) >= 11 is 0. The highest BCUT2D eigenvalue weighted by atomic mass is 16.5. The summed E-state index contributed by atoms with van der Waals surface area (Å²) in [6.45, 7) is 6.06. The average molecular weight is 224 g/mol. The van der Waals surface area contributed by atoms with E-state index in [1.165, 1.54) is 12.8 Å². The van der Waals surface area contributed by atoms with E-state index < -0.39 is 0 Å². The highest BCUT2D eigenvalue weighted by Crippen LogP contribution is 2.17. The van der Waals surface area contributed by atoms with Crippen molar-refractivity contribution in [3.05, 3.63) is 11.7 Å². The lowest BCUT2D eigenvalue weighted by molar-refractivity contribution is 0.171. The monoisotopic (exact) mass is 224 g/mol. The third-order valence-corrected chi connectivity index (χ3v) is 3.13. The van der Waals surface area contributed by atoms with Crippen LogP contribution in [-0.4, -0.2) is 41.7 Å². The van der Waals surface area contributed by atoms with E-state index in [2.05, 4.69) is 20.4 Å². The molecule has 0 amide bonds. The molecule has 1 aromatic rings. The summed E-state index contributed by atoms with van der Waals surface area (Å²) < 4.78 is 4.97. The number of aryl methyl sites for hydroxylation is 1. The zero-order chi connectivity index (χ0) is 11.4. The molecule has 1 saturated heterocycles. The van der Waals surface area contributed by atoms with Crippen LogP contribution in [0.4, 0.5) is 0 Å². The first-order valence-electron chi connectivity index (χ1n) is 5.94. The van der Waals surface area contributed by atoms with Crippen LogP contribution < -0.4 is 5.32 Å². The Bertz CT molecular complexity index is 318. The molecule has 1 N–H and O–H groups in total. The predicted molar refractivity (Wildman–Crippen MR) is 61.0 cm³/mol. The molecule has 1 fully saturated rings. The van der Waals surface area contributed by atoms with Crippen molar-refractivity contribution in [1.29, 1.82) is 0 Å². The van der Waals surface area contributed by atoms with E-state index in [0.717, 1.165) is 37.9 Å². The van der Waals surface area contributed by atoms with Crippen LogP contribution in [0.2, 0.25) is 0 Å². The minimum atomic E-state index is 0.653. The molecule has 90 valence electrons. The topological polar surface area (TPSA) is 54.2 Å². The molecule has 0 aromatic carbocycles. The van der Waals surface area contributed by atoms with E-state index in [1.54, 1.807) is 0 Å². The highest BCUT2D eigenvalue weighted by molar-refractivity contribution is 4.85. The third kappa shape index (κ3) is 3.02. The van der Waals surface area contributed by atoms with Crippen LogP contribution in [0.3, 0.4) is 0 Å². The second-order valence-corrected chi connectivity index (χ2v) is 4.51. The number of nitrogens with zero attached hydrogens (tertiary/aromatic N) is 3. The molecular formula is C11H20N4O. The lowest BCUT2D eigenvalue weighted by Gasteiger charge is -2.30. The first kappa shape index (κ1) is 11.5. The average Bonchev–Trinajstić information content (AvgIpc) is 2.67. The Labute approximate surface area is 96.2 Å². The summed E-state index contributed by atoms with van der Waals surface area (Å²) in [5.41, 5.74) is 0. The van der Waals surface area contributed by atoms with E-state index in [-0.39, 0.29) is 0 Å². The molecule has 1 aliphatic rings. The minimum Gasteiger partial charge on any atom is -0.340 e. The number of piperidine rings is 1. The lowest BCUT2D eigenvalue weighted by Crippen LogP contribution is -2.36. The van der Waals surface area contributed by atoms with Crippen molar-refractivity contribution >= 4 is 0 Å². The van der Waals surface area contributed by atoms with Crippen LogP contribution in [-0.2, 0) is 6.54 Å². The fraction of sp³-hybridized carbons (Fsp3) is 0.818. The van der Waals surface area contributed by atoms with Crippen molar-refractivity contribution in [2.75, 3.05) is 26.7 Å². The van der Waals surface area contributed by atoms with Gasteiger partial charge in [0.1, 0.15) is 0 Å². The number of nitrogens with one attached hydrogen (secondary N) is 1. The van der Waals surface area contributed by atoms with Crippen LogP contribution in [0.25, 0.3) is 0 Å². The molecule has 5 nitrogen and oxygen atoms in total. The summed E-state index contributed by atoms with van der Waals surface area (Å²) in [4.78, 5) is 6.63. The fourth-order valence-corrected chi connectivity index (χ4v) is 2.24. The van der Waals surface area contributed by atoms with Gasteiger partial charge < -0.3 is 9.84 Å². The number of hydrogen-bond donors (Lipinski definition) is 1. The highest BCUT2D eigenvalue weighted by Gasteiger charge is 2.19. The Hall–Kier alpha value is -0.940. The van der Waals surface area contributed by atoms with Gasteiger partial charge in [-0.1, -0.05) is 5.16 Å². The molecule has 0 atom stereocenters. The maximum Gasteiger partial charge on any atom is 0.223 e. The van der Waals surface area contributed by atoms with Crippen LogP contribution in [0.1, 0.15) is 24.6 Å². The molecule has 0 bridgehead atoms. The van der Waals surface area contributed by atoms with Gasteiger partial charge in [0.15, 0.2) is 5.82 Å². The number of aromatic nitrogens is 2. The van der Waals surface area contributed by atoms with E-state index in [4.69, 9.17) is 4.52 Å². The molecule has 0 unspecified atom stereocenters. The second-order valence-electron chi connectivity index (χ2n) is 4.51. The normalized spacial score (nSPS) is 19.1. The van der Waals surface area contributed by atoms with Crippen molar-refractivity contribution in [3.63, 3.8) is 0 Å². The maximum absolute atomic E-state index is 4.97. The number of rotatable bonds is 4. The van der Waals surface area contributed by atoms with Gasteiger partial charge in [0, 0.05) is 6.92 Å². The smallest absolute Gasteiger partial charge is 0.223 e. The molecule has 2 heterocycles. The van der Waals surface area contributed by atoms with Crippen LogP contribution in [0.5, 0.6) is 0 Å². The van der Waals surface area contributed by atoms with E-state index in [0.29, 0.717) is 5.89 Å². The molecule has 0 spiro atoms. The van der Waals surface area contributed by atoms with Crippen LogP contribution in [0, 0.1) is 12.8 Å². The third-order valence-electron chi connectivity index (χ3n) is 3.13. The second kappa shape index (κ2) is 5.41. The maximum atomic E-state index is 4.97. The Morgan fingerprint density at radius 1 is 1.44 bits per heavy atom. The molecule has 0 saturated carbocycles. The molecule has 1 aromatic heterocycles. The zero-order valence-corrected chi connectivity index (χ0v) is 10.1. The van der Waals surface area contributed by atoms with Gasteiger partial charge in [-0.2, -0.15) is 4.98 Å². The summed E-state index contributed by atoms with van der Waals surface area (Å²) in [7, 11) is 2.02. The lowest BCUT2D eigenvalue weighted by atomic mass is 9.97. The SMILES string of the molecule is CNCC1CCN(Cc2noc(C)n2)CC1. The standard InChI is InChI=1S/C11H20N4O/c1-9-13-11(14-16-9)8-15-5-3-10(4-6-15)7-12-2/h10,12H,3-8H2,1-2H3. The van der Waals surface area contributed by atoms with E-state index in [9.17, 15) is 0 Å². The predicted octanol–water partition coefficient (Wildman–Crippen LogP) is 0.809. The Kier molecular flexibility index (Phi) is 3.90. The van der Waals surface area contributed by atoms with E-state index >= 15 is 0 Å². The van der Waals surface area contributed by atoms with Gasteiger partial charge in [-0.25, -0.2) is 0 Å². The molecule has 5 heteroatoms. The van der Waals surface area contributed by atoms with Crippen LogP contribution >= 0.6 is 0 Å².